The van der Waals surface area contributed by atoms with Gasteiger partial charge in [0.25, 0.3) is 0 Å². The van der Waals surface area contributed by atoms with Crippen LogP contribution in [0.25, 0.3) is 16.9 Å². The highest BCUT2D eigenvalue weighted by Gasteiger charge is 2.16. The second kappa shape index (κ2) is 9.45. The van der Waals surface area contributed by atoms with Crippen molar-refractivity contribution in [2.45, 2.75) is 33.4 Å². The van der Waals surface area contributed by atoms with Crippen molar-refractivity contribution in [3.05, 3.63) is 83.1 Å². The van der Waals surface area contributed by atoms with Gasteiger partial charge in [-0.15, -0.1) is 0 Å². The Morgan fingerprint density at radius 2 is 1.77 bits per heavy atom. The molecule has 0 bridgehead atoms. The van der Waals surface area contributed by atoms with E-state index >= 15 is 0 Å². The molecule has 31 heavy (non-hydrogen) atoms. The normalized spacial score (nSPS) is 11.5. The summed E-state index contributed by atoms with van der Waals surface area (Å²) in [6, 6.07) is 17.9. The number of halogens is 1. The SMILES string of the molecule is CC(C)Cc1noc(CN(C)Cc2cn(-c3ccccc3)nc2-c2ccc(Cl)cc2)n1. The van der Waals surface area contributed by atoms with Crippen molar-refractivity contribution in [2.75, 3.05) is 7.05 Å². The van der Waals surface area contributed by atoms with Crippen LogP contribution in [0.1, 0.15) is 31.1 Å². The first-order valence-corrected chi connectivity index (χ1v) is 10.8. The van der Waals surface area contributed by atoms with Crippen LogP contribution in [0.4, 0.5) is 0 Å². The third-order valence-corrected chi connectivity index (χ3v) is 5.13. The molecule has 0 radical (unpaired) electrons. The topological polar surface area (TPSA) is 60.0 Å². The number of nitrogens with zero attached hydrogens (tertiary/aromatic N) is 5. The van der Waals surface area contributed by atoms with E-state index in [1.54, 1.807) is 0 Å². The molecule has 0 saturated heterocycles. The molecule has 0 atom stereocenters. The van der Waals surface area contributed by atoms with E-state index < -0.39 is 0 Å². The summed E-state index contributed by atoms with van der Waals surface area (Å²) in [6.07, 6.45) is 2.89. The quantitative estimate of drug-likeness (QED) is 0.370. The highest BCUT2D eigenvalue weighted by molar-refractivity contribution is 6.30. The fraction of sp³-hybridized carbons (Fsp3) is 0.292. The maximum atomic E-state index is 6.09. The van der Waals surface area contributed by atoms with Gasteiger partial charge in [-0.25, -0.2) is 4.68 Å². The highest BCUT2D eigenvalue weighted by Crippen LogP contribution is 2.26. The molecule has 4 rings (SSSR count). The smallest absolute Gasteiger partial charge is 0.240 e. The lowest BCUT2D eigenvalue weighted by Crippen LogP contribution is -2.17. The summed E-state index contributed by atoms with van der Waals surface area (Å²) >= 11 is 6.09. The van der Waals surface area contributed by atoms with Crippen LogP contribution < -0.4 is 0 Å². The minimum Gasteiger partial charge on any atom is -0.338 e. The standard InChI is InChI=1S/C24H26ClN5O/c1-17(2)13-22-26-23(31-28-22)16-29(3)14-19-15-30(21-7-5-4-6-8-21)27-24(19)18-9-11-20(25)12-10-18/h4-12,15,17H,13-14,16H2,1-3H3. The third kappa shape index (κ3) is 5.40. The molecular formula is C24H26ClN5O. The Kier molecular flexibility index (Phi) is 6.49. The van der Waals surface area contributed by atoms with E-state index in [4.69, 9.17) is 21.2 Å². The van der Waals surface area contributed by atoms with Crippen LogP contribution in [0.15, 0.2) is 65.3 Å². The molecule has 0 N–H and O–H groups in total. The molecular weight excluding hydrogens is 410 g/mol. The summed E-state index contributed by atoms with van der Waals surface area (Å²) in [4.78, 5) is 6.67. The van der Waals surface area contributed by atoms with E-state index in [0.717, 1.165) is 34.8 Å². The second-order valence-electron chi connectivity index (χ2n) is 8.16. The van der Waals surface area contributed by atoms with Gasteiger partial charge in [-0.3, -0.25) is 4.90 Å². The lowest BCUT2D eigenvalue weighted by Gasteiger charge is -2.14. The molecule has 4 aromatic rings. The van der Waals surface area contributed by atoms with Gasteiger partial charge in [0, 0.05) is 35.3 Å². The van der Waals surface area contributed by atoms with Crippen molar-refractivity contribution < 1.29 is 4.52 Å². The third-order valence-electron chi connectivity index (χ3n) is 4.87. The van der Waals surface area contributed by atoms with Gasteiger partial charge in [-0.2, -0.15) is 10.1 Å². The minimum atomic E-state index is 0.494. The number of hydrogen-bond acceptors (Lipinski definition) is 5. The average Bonchev–Trinajstić information content (AvgIpc) is 3.36. The Bertz CT molecular complexity index is 1120. The number of para-hydroxylation sites is 1. The first kappa shape index (κ1) is 21.3. The Morgan fingerprint density at radius 3 is 2.48 bits per heavy atom. The first-order valence-electron chi connectivity index (χ1n) is 10.4. The zero-order valence-electron chi connectivity index (χ0n) is 18.0. The lowest BCUT2D eigenvalue weighted by atomic mass is 10.1. The zero-order chi connectivity index (χ0) is 21.8. The van der Waals surface area contributed by atoms with E-state index in [0.29, 0.717) is 29.9 Å². The predicted octanol–water partition coefficient (Wildman–Crippen LogP) is 5.41. The number of aromatic nitrogens is 4. The highest BCUT2D eigenvalue weighted by atomic mass is 35.5. The Labute approximate surface area is 187 Å². The van der Waals surface area contributed by atoms with Crippen LogP contribution >= 0.6 is 11.6 Å². The van der Waals surface area contributed by atoms with Crippen LogP contribution in [0, 0.1) is 5.92 Å². The maximum Gasteiger partial charge on any atom is 0.240 e. The van der Waals surface area contributed by atoms with Crippen LogP contribution in [-0.2, 0) is 19.5 Å². The fourth-order valence-corrected chi connectivity index (χ4v) is 3.60. The molecule has 2 aromatic carbocycles. The number of benzene rings is 2. The second-order valence-corrected chi connectivity index (χ2v) is 8.60. The summed E-state index contributed by atoms with van der Waals surface area (Å²) in [5, 5.41) is 9.67. The maximum absolute atomic E-state index is 6.09. The van der Waals surface area contributed by atoms with Crippen LogP contribution in [0.2, 0.25) is 5.02 Å². The van der Waals surface area contributed by atoms with Crippen molar-refractivity contribution >= 4 is 11.6 Å². The molecule has 0 spiro atoms. The Morgan fingerprint density at radius 1 is 1.03 bits per heavy atom. The summed E-state index contributed by atoms with van der Waals surface area (Å²) in [5.74, 6) is 1.88. The monoisotopic (exact) mass is 435 g/mol. The number of hydrogen-bond donors (Lipinski definition) is 0. The first-order chi connectivity index (χ1) is 15.0. The predicted molar refractivity (Wildman–Crippen MR) is 122 cm³/mol. The molecule has 2 aromatic heterocycles. The van der Waals surface area contributed by atoms with Crippen LogP contribution in [-0.4, -0.2) is 31.9 Å². The lowest BCUT2D eigenvalue weighted by molar-refractivity contribution is 0.260. The van der Waals surface area contributed by atoms with Gasteiger partial charge in [-0.05, 0) is 37.2 Å². The molecule has 0 fully saturated rings. The van der Waals surface area contributed by atoms with Gasteiger partial charge < -0.3 is 4.52 Å². The van der Waals surface area contributed by atoms with E-state index in [1.807, 2.05) is 66.3 Å². The van der Waals surface area contributed by atoms with Gasteiger partial charge in [0.05, 0.1) is 17.9 Å². The molecule has 160 valence electrons. The molecule has 7 heteroatoms. The van der Waals surface area contributed by atoms with Gasteiger partial charge >= 0.3 is 0 Å². The van der Waals surface area contributed by atoms with Crippen LogP contribution in [0.3, 0.4) is 0 Å². The molecule has 0 aliphatic carbocycles. The molecule has 0 aliphatic heterocycles. The van der Waals surface area contributed by atoms with Gasteiger partial charge in [0.1, 0.15) is 0 Å². The van der Waals surface area contributed by atoms with Gasteiger partial charge in [0.15, 0.2) is 5.82 Å². The van der Waals surface area contributed by atoms with Crippen molar-refractivity contribution in [2.24, 2.45) is 5.92 Å². The Balaban J connectivity index is 1.58. The van der Waals surface area contributed by atoms with Crippen molar-refractivity contribution in [3.63, 3.8) is 0 Å². The van der Waals surface area contributed by atoms with Crippen molar-refractivity contribution in [3.8, 4) is 16.9 Å². The molecule has 6 nitrogen and oxygen atoms in total. The summed E-state index contributed by atoms with van der Waals surface area (Å²) in [5.41, 5.74) is 4.08. The van der Waals surface area contributed by atoms with E-state index in [2.05, 4.69) is 35.1 Å². The van der Waals surface area contributed by atoms with E-state index in [9.17, 15) is 0 Å². The number of rotatable bonds is 8. The van der Waals surface area contributed by atoms with E-state index in [-0.39, 0.29) is 0 Å². The van der Waals surface area contributed by atoms with Crippen molar-refractivity contribution in [1.82, 2.24) is 24.8 Å². The average molecular weight is 436 g/mol. The largest absolute Gasteiger partial charge is 0.338 e. The molecule has 0 saturated carbocycles. The minimum absolute atomic E-state index is 0.494. The molecule has 0 amide bonds. The molecule has 0 unspecified atom stereocenters. The summed E-state index contributed by atoms with van der Waals surface area (Å²) in [6.45, 7) is 5.55. The van der Waals surface area contributed by atoms with Crippen molar-refractivity contribution in [1.29, 1.82) is 0 Å². The molecule has 2 heterocycles. The Hall–Kier alpha value is -2.96. The van der Waals surface area contributed by atoms with Crippen LogP contribution in [0.5, 0.6) is 0 Å². The fourth-order valence-electron chi connectivity index (χ4n) is 3.47. The summed E-state index contributed by atoms with van der Waals surface area (Å²) in [7, 11) is 2.04. The van der Waals surface area contributed by atoms with Gasteiger partial charge in [0.2, 0.25) is 5.89 Å². The van der Waals surface area contributed by atoms with E-state index in [1.165, 1.54) is 0 Å². The summed E-state index contributed by atoms with van der Waals surface area (Å²) < 4.78 is 7.36. The van der Waals surface area contributed by atoms with Gasteiger partial charge in [-0.1, -0.05) is 60.9 Å². The molecule has 0 aliphatic rings. The zero-order valence-corrected chi connectivity index (χ0v) is 18.8.